The number of hydrogen-bond acceptors (Lipinski definition) is 7. The van der Waals surface area contributed by atoms with Gasteiger partial charge in [0.15, 0.2) is 11.5 Å². The van der Waals surface area contributed by atoms with Gasteiger partial charge in [0.2, 0.25) is 0 Å². The van der Waals surface area contributed by atoms with Crippen LogP contribution in [0.4, 0.5) is 0 Å². The van der Waals surface area contributed by atoms with Crippen molar-refractivity contribution < 1.29 is 33.6 Å². The lowest BCUT2D eigenvalue weighted by Gasteiger charge is -2.45. The highest BCUT2D eigenvalue weighted by atomic mass is 16.5. The zero-order valence-electron chi connectivity index (χ0n) is 17.4. The summed E-state index contributed by atoms with van der Waals surface area (Å²) in [4.78, 5) is 22.0. The van der Waals surface area contributed by atoms with Crippen LogP contribution in [0.1, 0.15) is 36.8 Å². The average Bonchev–Trinajstić information content (AvgIpc) is 2.75. The maximum atomic E-state index is 11.3. The minimum Gasteiger partial charge on any atom is -0.493 e. The Labute approximate surface area is 171 Å². The van der Waals surface area contributed by atoms with Gasteiger partial charge in [-0.2, -0.15) is 0 Å². The molecule has 8 heteroatoms. The highest BCUT2D eigenvalue weighted by Crippen LogP contribution is 2.45. The normalized spacial score (nSPS) is 17.5. The molecular weight excluding hydrogens is 378 g/mol. The van der Waals surface area contributed by atoms with E-state index in [1.54, 1.807) is 14.2 Å². The molecule has 1 aromatic rings. The number of carbonyl (C=O) groups excluding carboxylic acids is 1. The van der Waals surface area contributed by atoms with Crippen molar-refractivity contribution in [2.45, 2.75) is 37.7 Å². The highest BCUT2D eigenvalue weighted by Gasteiger charge is 2.41. The van der Waals surface area contributed by atoms with Crippen LogP contribution in [0.25, 0.3) is 0 Å². The van der Waals surface area contributed by atoms with E-state index in [4.69, 9.17) is 28.8 Å². The molecule has 0 amide bonds. The number of rotatable bonds is 6. The summed E-state index contributed by atoms with van der Waals surface area (Å²) < 4.78 is 22.0. The lowest BCUT2D eigenvalue weighted by atomic mass is 9.79. The van der Waals surface area contributed by atoms with Gasteiger partial charge in [-0.15, -0.1) is 0 Å². The van der Waals surface area contributed by atoms with Crippen molar-refractivity contribution >= 4 is 12.4 Å². The van der Waals surface area contributed by atoms with Crippen LogP contribution in [0.3, 0.4) is 0 Å². The summed E-state index contributed by atoms with van der Waals surface area (Å²) >= 11 is 0. The van der Waals surface area contributed by atoms with E-state index in [9.17, 15) is 4.79 Å². The van der Waals surface area contributed by atoms with Gasteiger partial charge >= 0.3 is 5.97 Å². The first kappa shape index (κ1) is 23.0. The molecule has 1 N–H and O–H groups in total. The molecule has 0 aliphatic carbocycles. The fourth-order valence-electron chi connectivity index (χ4n) is 4.09. The fourth-order valence-corrected chi connectivity index (χ4v) is 4.09. The van der Waals surface area contributed by atoms with E-state index in [2.05, 4.69) is 17.0 Å². The Balaban J connectivity index is 0.000000941. The van der Waals surface area contributed by atoms with Crippen LogP contribution in [0.2, 0.25) is 0 Å². The summed E-state index contributed by atoms with van der Waals surface area (Å²) in [6, 6.07) is 4.20. The summed E-state index contributed by atoms with van der Waals surface area (Å²) in [6.07, 6.45) is 4.12. The SMILES string of the molecule is COC(=O)CCCN1CCC2(CC1)OCCc1cc(OC)c(OC)cc12.O=CO. The Morgan fingerprint density at radius 3 is 2.41 bits per heavy atom. The molecule has 2 heterocycles. The number of esters is 1. The predicted molar refractivity (Wildman–Crippen MR) is 106 cm³/mol. The number of nitrogens with zero attached hydrogens (tertiary/aromatic N) is 1. The molecule has 0 aromatic heterocycles. The van der Waals surface area contributed by atoms with Crippen LogP contribution in [0.15, 0.2) is 12.1 Å². The van der Waals surface area contributed by atoms with E-state index in [0.29, 0.717) is 6.42 Å². The van der Waals surface area contributed by atoms with Crippen LogP contribution in [0.5, 0.6) is 11.5 Å². The Morgan fingerprint density at radius 2 is 1.83 bits per heavy atom. The number of piperidine rings is 1. The number of hydrogen-bond donors (Lipinski definition) is 1. The van der Waals surface area contributed by atoms with Crippen LogP contribution in [-0.4, -0.2) is 70.0 Å². The number of carbonyl (C=O) groups is 2. The smallest absolute Gasteiger partial charge is 0.305 e. The summed E-state index contributed by atoms with van der Waals surface area (Å²) in [7, 11) is 4.78. The topological polar surface area (TPSA) is 94.5 Å². The second kappa shape index (κ2) is 11.0. The average molecular weight is 409 g/mol. The van der Waals surface area contributed by atoms with Gasteiger partial charge in [0.1, 0.15) is 0 Å². The lowest BCUT2D eigenvalue weighted by Crippen LogP contribution is -2.46. The standard InChI is InChI=1S/C20H29NO5.CH2O2/c1-23-17-13-15-6-12-26-20(16(15)14-18(17)24-2)7-10-21(11-8-20)9-4-5-19(22)25-3;2-1-3/h13-14H,4-12H2,1-3H3;1H,(H,2,3). The number of ether oxygens (including phenoxy) is 4. The fraction of sp³-hybridized carbons (Fsp3) is 0.619. The molecule has 162 valence electrons. The maximum absolute atomic E-state index is 11.3. The van der Waals surface area contributed by atoms with Crippen LogP contribution in [-0.2, 0) is 31.1 Å². The molecule has 0 bridgehead atoms. The number of carboxylic acid groups (broad SMARTS) is 1. The van der Waals surface area contributed by atoms with Crippen molar-refractivity contribution in [3.63, 3.8) is 0 Å². The van der Waals surface area contributed by atoms with Gasteiger partial charge < -0.3 is 29.0 Å². The quantitative estimate of drug-likeness (QED) is 0.565. The third-order valence-corrected chi connectivity index (χ3v) is 5.60. The molecule has 0 unspecified atom stereocenters. The molecule has 0 atom stereocenters. The molecule has 29 heavy (non-hydrogen) atoms. The predicted octanol–water partition coefficient (Wildman–Crippen LogP) is 2.22. The third-order valence-electron chi connectivity index (χ3n) is 5.60. The Kier molecular flexibility index (Phi) is 8.72. The second-order valence-corrected chi connectivity index (χ2v) is 7.08. The largest absolute Gasteiger partial charge is 0.493 e. The van der Waals surface area contributed by atoms with Crippen molar-refractivity contribution in [2.24, 2.45) is 0 Å². The van der Waals surface area contributed by atoms with Crippen molar-refractivity contribution in [3.05, 3.63) is 23.3 Å². The van der Waals surface area contributed by atoms with Gasteiger partial charge in [-0.05, 0) is 55.5 Å². The summed E-state index contributed by atoms with van der Waals surface area (Å²) in [5.74, 6) is 1.41. The van der Waals surface area contributed by atoms with Crippen molar-refractivity contribution in [3.8, 4) is 11.5 Å². The molecule has 0 radical (unpaired) electrons. The molecule has 8 nitrogen and oxygen atoms in total. The lowest BCUT2D eigenvalue weighted by molar-refractivity contribution is -0.141. The molecule has 1 fully saturated rings. The van der Waals surface area contributed by atoms with Gasteiger partial charge in [-0.3, -0.25) is 9.59 Å². The van der Waals surface area contributed by atoms with E-state index in [1.165, 1.54) is 18.2 Å². The van der Waals surface area contributed by atoms with E-state index < -0.39 is 0 Å². The maximum Gasteiger partial charge on any atom is 0.305 e. The van der Waals surface area contributed by atoms with Crippen LogP contribution in [0, 0.1) is 0 Å². The van der Waals surface area contributed by atoms with Gasteiger partial charge in [-0.25, -0.2) is 0 Å². The molecular formula is C21H31NO7. The van der Waals surface area contributed by atoms with Gasteiger partial charge in [0.05, 0.1) is 33.5 Å². The Hall–Kier alpha value is -2.32. The van der Waals surface area contributed by atoms with E-state index in [0.717, 1.165) is 63.4 Å². The summed E-state index contributed by atoms with van der Waals surface area (Å²) in [5, 5.41) is 6.89. The van der Waals surface area contributed by atoms with Crippen LogP contribution >= 0.6 is 0 Å². The third kappa shape index (κ3) is 5.61. The number of fused-ring (bicyclic) bond motifs is 2. The molecule has 1 saturated heterocycles. The zero-order chi connectivity index (χ0) is 21.3. The molecule has 0 saturated carbocycles. The van der Waals surface area contributed by atoms with Gasteiger partial charge in [0.25, 0.3) is 6.47 Å². The number of benzene rings is 1. The van der Waals surface area contributed by atoms with Gasteiger partial charge in [0, 0.05) is 19.5 Å². The minimum atomic E-state index is -0.250. The molecule has 1 aromatic carbocycles. The van der Waals surface area contributed by atoms with Crippen molar-refractivity contribution in [1.29, 1.82) is 0 Å². The van der Waals surface area contributed by atoms with Crippen molar-refractivity contribution in [1.82, 2.24) is 4.90 Å². The molecule has 1 spiro atoms. The Bertz CT molecular complexity index is 684. The van der Waals surface area contributed by atoms with Crippen molar-refractivity contribution in [2.75, 3.05) is 47.6 Å². The first-order valence-electron chi connectivity index (χ1n) is 9.80. The molecule has 2 aliphatic rings. The van der Waals surface area contributed by atoms with Crippen LogP contribution < -0.4 is 9.47 Å². The molecule has 3 rings (SSSR count). The first-order valence-corrected chi connectivity index (χ1v) is 9.80. The highest BCUT2D eigenvalue weighted by molar-refractivity contribution is 5.69. The monoisotopic (exact) mass is 409 g/mol. The van der Waals surface area contributed by atoms with E-state index in [-0.39, 0.29) is 18.0 Å². The zero-order valence-corrected chi connectivity index (χ0v) is 17.4. The van der Waals surface area contributed by atoms with E-state index >= 15 is 0 Å². The first-order chi connectivity index (χ1) is 14.0. The molecule has 2 aliphatic heterocycles. The van der Waals surface area contributed by atoms with E-state index in [1.807, 2.05) is 0 Å². The summed E-state index contributed by atoms with van der Waals surface area (Å²) in [6.45, 7) is 3.35. The summed E-state index contributed by atoms with van der Waals surface area (Å²) in [5.41, 5.74) is 2.31. The minimum absolute atomic E-state index is 0.135. The number of likely N-dealkylation sites (tertiary alicyclic amines) is 1. The second-order valence-electron chi connectivity index (χ2n) is 7.08. The number of methoxy groups -OCH3 is 3. The van der Waals surface area contributed by atoms with Gasteiger partial charge in [-0.1, -0.05) is 0 Å². The Morgan fingerprint density at radius 1 is 1.21 bits per heavy atom.